The molecule has 0 radical (unpaired) electrons. The Balaban J connectivity index is 1.82. The summed E-state index contributed by atoms with van der Waals surface area (Å²) in [6, 6.07) is 9.01. The lowest BCUT2D eigenvalue weighted by atomic mass is 10.0. The van der Waals surface area contributed by atoms with Crippen molar-refractivity contribution >= 4 is 29.2 Å². The molecule has 0 aliphatic heterocycles. The van der Waals surface area contributed by atoms with Crippen LogP contribution in [-0.2, 0) is 15.7 Å². The number of hydrogen-bond donors (Lipinski definition) is 1. The Hall–Kier alpha value is -4.28. The molecule has 0 spiro atoms. The van der Waals surface area contributed by atoms with Gasteiger partial charge >= 0.3 is 12.3 Å². The van der Waals surface area contributed by atoms with Gasteiger partial charge < -0.3 is 10.1 Å². The summed E-state index contributed by atoms with van der Waals surface area (Å²) in [5, 5.41) is 2.44. The number of hydrogen-bond acceptors (Lipinski definition) is 6. The van der Waals surface area contributed by atoms with E-state index >= 15 is 0 Å². The van der Waals surface area contributed by atoms with Gasteiger partial charge in [-0.1, -0.05) is 18.2 Å². The van der Waals surface area contributed by atoms with Gasteiger partial charge in [-0.2, -0.15) is 13.2 Å². The molecule has 3 aromatic rings. The number of ether oxygens (including phenoxy) is 1. The first-order valence-electron chi connectivity index (χ1n) is 11.1. The average molecular weight is 515 g/mol. The fraction of sp³-hybridized carbons (Fsp3) is 0.269. The summed E-state index contributed by atoms with van der Waals surface area (Å²) in [4.78, 5) is 47.0. The molecule has 1 heterocycles. The van der Waals surface area contributed by atoms with E-state index in [0.717, 1.165) is 23.1 Å². The van der Waals surface area contributed by atoms with Gasteiger partial charge in [-0.05, 0) is 45.0 Å². The molecule has 0 aliphatic carbocycles. The van der Waals surface area contributed by atoms with Crippen LogP contribution in [0.1, 0.15) is 43.1 Å². The quantitative estimate of drug-likeness (QED) is 0.332. The zero-order chi connectivity index (χ0) is 27.4. The summed E-state index contributed by atoms with van der Waals surface area (Å²) in [6.07, 6.45) is -1.63. The molecule has 11 heteroatoms. The first-order valence-corrected chi connectivity index (χ1v) is 11.1. The van der Waals surface area contributed by atoms with Crippen LogP contribution >= 0.6 is 0 Å². The van der Waals surface area contributed by atoms with Crippen LogP contribution in [-0.4, -0.2) is 40.4 Å². The highest BCUT2D eigenvalue weighted by Gasteiger charge is 2.33. The van der Waals surface area contributed by atoms with Crippen molar-refractivity contribution in [3.8, 4) is 11.3 Å². The number of nitrogens with one attached hydrogen (secondary N) is 1. The van der Waals surface area contributed by atoms with E-state index in [4.69, 9.17) is 4.74 Å². The molecule has 1 aromatic heterocycles. The predicted octanol–water partition coefficient (Wildman–Crippen LogP) is 5.75. The number of halogens is 3. The number of nitrogens with zero attached hydrogens (tertiary/aromatic N) is 3. The number of carbonyl (C=O) groups is 3. The van der Waals surface area contributed by atoms with Crippen molar-refractivity contribution in [2.24, 2.45) is 0 Å². The molecule has 2 amide bonds. The maximum atomic E-state index is 13.3. The van der Waals surface area contributed by atoms with Crippen LogP contribution < -0.4 is 10.2 Å². The predicted molar refractivity (Wildman–Crippen MR) is 131 cm³/mol. The number of rotatable bonds is 6. The Morgan fingerprint density at radius 2 is 1.76 bits per heavy atom. The van der Waals surface area contributed by atoms with Gasteiger partial charge in [0.2, 0.25) is 5.91 Å². The second-order valence-corrected chi connectivity index (χ2v) is 9.09. The number of Topliss-reactive ketones (excluding diaryl/α,β-unsaturated/α-hetero) is 1. The molecule has 0 aliphatic rings. The third-order valence-corrected chi connectivity index (χ3v) is 4.99. The average Bonchev–Trinajstić information content (AvgIpc) is 2.82. The molecule has 2 aromatic carbocycles. The van der Waals surface area contributed by atoms with Crippen molar-refractivity contribution in [3.05, 3.63) is 72.2 Å². The van der Waals surface area contributed by atoms with Gasteiger partial charge in [-0.3, -0.25) is 24.5 Å². The summed E-state index contributed by atoms with van der Waals surface area (Å²) in [7, 11) is 1.22. The molecular formula is C26H25F3N4O4. The molecule has 37 heavy (non-hydrogen) atoms. The zero-order valence-electron chi connectivity index (χ0n) is 20.6. The van der Waals surface area contributed by atoms with Crippen LogP contribution in [0.25, 0.3) is 11.3 Å². The molecule has 194 valence electrons. The highest BCUT2D eigenvalue weighted by Crippen LogP contribution is 2.36. The second-order valence-electron chi connectivity index (χ2n) is 9.09. The Morgan fingerprint density at radius 3 is 2.38 bits per heavy atom. The topological polar surface area (TPSA) is 101 Å². The maximum Gasteiger partial charge on any atom is 0.416 e. The van der Waals surface area contributed by atoms with Gasteiger partial charge in [-0.15, -0.1) is 0 Å². The fourth-order valence-corrected chi connectivity index (χ4v) is 3.26. The lowest BCUT2D eigenvalue weighted by molar-refractivity contribution is -0.137. The number of aromatic nitrogens is 2. The van der Waals surface area contributed by atoms with Crippen molar-refractivity contribution in [1.82, 2.24) is 9.97 Å². The van der Waals surface area contributed by atoms with E-state index in [2.05, 4.69) is 15.3 Å². The number of anilines is 2. The monoisotopic (exact) mass is 514 g/mol. The number of ketones is 1. The number of alkyl halides is 3. The minimum Gasteiger partial charge on any atom is -0.443 e. The van der Waals surface area contributed by atoms with Crippen molar-refractivity contribution in [2.45, 2.75) is 39.0 Å². The summed E-state index contributed by atoms with van der Waals surface area (Å²) in [5.41, 5.74) is -0.834. The Labute approximate surface area is 211 Å². The van der Waals surface area contributed by atoms with Gasteiger partial charge in [0.1, 0.15) is 5.60 Å². The van der Waals surface area contributed by atoms with Gasteiger partial charge in [0.15, 0.2) is 5.78 Å². The summed E-state index contributed by atoms with van der Waals surface area (Å²) in [5.74, 6) is -1.29. The molecule has 0 saturated carbocycles. The van der Waals surface area contributed by atoms with E-state index in [-0.39, 0.29) is 16.9 Å². The molecule has 0 fully saturated rings. The smallest absolute Gasteiger partial charge is 0.416 e. The Bertz CT molecular complexity index is 1310. The first kappa shape index (κ1) is 27.3. The molecule has 0 bridgehead atoms. The zero-order valence-corrected chi connectivity index (χ0v) is 20.6. The highest BCUT2D eigenvalue weighted by molar-refractivity contribution is 6.12. The normalized spacial score (nSPS) is 11.5. The molecule has 1 N–H and O–H groups in total. The maximum absolute atomic E-state index is 13.3. The molecule has 0 unspecified atom stereocenters. The van der Waals surface area contributed by atoms with Gasteiger partial charge in [0.25, 0.3) is 0 Å². The molecule has 0 atom stereocenters. The van der Waals surface area contributed by atoms with E-state index < -0.39 is 41.5 Å². The fourth-order valence-electron chi connectivity index (χ4n) is 3.26. The summed E-state index contributed by atoms with van der Waals surface area (Å²) in [6.45, 7) is 4.83. The Kier molecular flexibility index (Phi) is 7.95. The molecule has 3 rings (SSSR count). The van der Waals surface area contributed by atoms with E-state index in [1.54, 1.807) is 39.0 Å². The van der Waals surface area contributed by atoms with Crippen LogP contribution in [0.2, 0.25) is 0 Å². The van der Waals surface area contributed by atoms with Crippen molar-refractivity contribution in [2.75, 3.05) is 17.3 Å². The van der Waals surface area contributed by atoms with E-state index in [1.807, 2.05) is 0 Å². The van der Waals surface area contributed by atoms with Gasteiger partial charge in [0.05, 0.1) is 35.2 Å². The number of benzene rings is 2. The van der Waals surface area contributed by atoms with E-state index in [1.165, 1.54) is 31.7 Å². The van der Waals surface area contributed by atoms with Crippen molar-refractivity contribution < 1.29 is 32.3 Å². The molecule has 8 nitrogen and oxygen atoms in total. The van der Waals surface area contributed by atoms with Crippen molar-refractivity contribution in [3.63, 3.8) is 0 Å². The van der Waals surface area contributed by atoms with Crippen LogP contribution in [0.15, 0.2) is 61.1 Å². The third-order valence-electron chi connectivity index (χ3n) is 4.99. The minimum absolute atomic E-state index is 0.0903. The minimum atomic E-state index is -4.68. The highest BCUT2D eigenvalue weighted by atomic mass is 19.4. The Morgan fingerprint density at radius 1 is 1.03 bits per heavy atom. The SMILES string of the molecule is CN(C(=O)OC(C)(C)C)c1cc(C(F)(F)F)ccc1NC(=O)CC(=O)c1cccc(-c2cnccn2)c1. The third kappa shape index (κ3) is 7.35. The lowest BCUT2D eigenvalue weighted by Crippen LogP contribution is -2.35. The van der Waals surface area contributed by atoms with Crippen LogP contribution in [0.5, 0.6) is 0 Å². The van der Waals surface area contributed by atoms with Crippen LogP contribution in [0.4, 0.5) is 29.3 Å². The van der Waals surface area contributed by atoms with E-state index in [9.17, 15) is 27.6 Å². The first-order chi connectivity index (χ1) is 17.2. The van der Waals surface area contributed by atoms with Crippen LogP contribution in [0, 0.1) is 0 Å². The van der Waals surface area contributed by atoms with Gasteiger partial charge in [-0.25, -0.2) is 4.79 Å². The second kappa shape index (κ2) is 10.8. The number of amides is 2. The van der Waals surface area contributed by atoms with Crippen LogP contribution in [0.3, 0.4) is 0 Å². The van der Waals surface area contributed by atoms with Crippen molar-refractivity contribution in [1.29, 1.82) is 0 Å². The van der Waals surface area contributed by atoms with E-state index in [0.29, 0.717) is 11.3 Å². The standard InChI is InChI=1S/C26H25F3N4O4/c1-25(2,3)37-24(36)33(4)21-13-18(26(27,28)29)8-9-19(21)32-23(35)14-22(34)17-7-5-6-16(12-17)20-15-30-10-11-31-20/h5-13,15H,14H2,1-4H3,(H,32,35). The lowest BCUT2D eigenvalue weighted by Gasteiger charge is -2.26. The summed E-state index contributed by atoms with van der Waals surface area (Å²) >= 11 is 0. The number of carbonyl (C=O) groups excluding carboxylic acids is 3. The van der Waals surface area contributed by atoms with Gasteiger partial charge in [0, 0.05) is 30.6 Å². The molecular weight excluding hydrogens is 489 g/mol. The molecule has 0 saturated heterocycles. The summed E-state index contributed by atoms with van der Waals surface area (Å²) < 4.78 is 45.3. The largest absolute Gasteiger partial charge is 0.443 e.